The Hall–Kier alpha value is -1.07. The summed E-state index contributed by atoms with van der Waals surface area (Å²) in [5, 5.41) is 0. The lowest BCUT2D eigenvalue weighted by atomic mass is 9.96. The Balaban J connectivity index is 2.04. The van der Waals surface area contributed by atoms with Crippen LogP contribution in [0.5, 0.6) is 5.75 Å². The molecule has 1 N–H and O–H groups in total. The minimum absolute atomic E-state index is 0.164. The van der Waals surface area contributed by atoms with E-state index in [9.17, 15) is 4.79 Å². The van der Waals surface area contributed by atoms with E-state index in [1.54, 1.807) is 7.11 Å². The summed E-state index contributed by atoms with van der Waals surface area (Å²) in [6, 6.07) is 6.13. The van der Waals surface area contributed by atoms with Gasteiger partial charge in [-0.1, -0.05) is 15.9 Å². The molecule has 4 nitrogen and oxygen atoms in total. The molecule has 2 rings (SSSR count). The molecule has 1 heterocycles. The highest BCUT2D eigenvalue weighted by Crippen LogP contribution is 2.22. The summed E-state index contributed by atoms with van der Waals surface area (Å²) in [5.74, 6) is 1.42. The van der Waals surface area contributed by atoms with Crippen molar-refractivity contribution in [2.24, 2.45) is 5.92 Å². The molecule has 1 aromatic carbocycles. The summed E-state index contributed by atoms with van der Waals surface area (Å²) in [5.41, 5.74) is 1.20. The van der Waals surface area contributed by atoms with Gasteiger partial charge in [0.15, 0.2) is 0 Å². The summed E-state index contributed by atoms with van der Waals surface area (Å²) in [6.07, 6.45) is 2.14. The number of carbonyl (C=O) groups excluding carboxylic acids is 1. The van der Waals surface area contributed by atoms with Crippen LogP contribution in [0.1, 0.15) is 32.3 Å². The smallest absolute Gasteiger partial charge is 0.231 e. The largest absolute Gasteiger partial charge is 0.496 e. The van der Waals surface area contributed by atoms with Gasteiger partial charge in [0, 0.05) is 23.1 Å². The number of likely N-dealkylation sites (tertiary alicyclic amines) is 1. The number of hydrogen-bond donors (Lipinski definition) is 1. The third kappa shape index (κ3) is 4.70. The van der Waals surface area contributed by atoms with E-state index in [4.69, 9.17) is 4.74 Å². The highest BCUT2D eigenvalue weighted by molar-refractivity contribution is 9.10. The Labute approximate surface area is 147 Å². The first-order chi connectivity index (χ1) is 11.1. The van der Waals surface area contributed by atoms with Crippen LogP contribution in [0.2, 0.25) is 0 Å². The summed E-state index contributed by atoms with van der Waals surface area (Å²) in [7, 11) is 1.71. The van der Waals surface area contributed by atoms with Crippen LogP contribution in [0, 0.1) is 5.92 Å². The molecule has 1 saturated heterocycles. The molecule has 0 spiro atoms. The third-order valence-electron chi connectivity index (χ3n) is 4.73. The molecular formula is C18H28BrN2O2+. The van der Waals surface area contributed by atoms with Crippen LogP contribution < -0.4 is 9.64 Å². The molecule has 0 radical (unpaired) electrons. The summed E-state index contributed by atoms with van der Waals surface area (Å²) >= 11 is 3.54. The van der Waals surface area contributed by atoms with Gasteiger partial charge < -0.3 is 14.5 Å². The lowest BCUT2D eigenvalue weighted by molar-refractivity contribution is -0.921. The average molecular weight is 384 g/mol. The van der Waals surface area contributed by atoms with Crippen molar-refractivity contribution in [2.75, 3.05) is 33.3 Å². The van der Waals surface area contributed by atoms with Gasteiger partial charge in [0.1, 0.15) is 12.3 Å². The van der Waals surface area contributed by atoms with Crippen molar-refractivity contribution < 1.29 is 14.4 Å². The Morgan fingerprint density at radius 1 is 1.39 bits per heavy atom. The van der Waals surface area contributed by atoms with Crippen LogP contribution in [0.15, 0.2) is 22.7 Å². The van der Waals surface area contributed by atoms with Gasteiger partial charge in [-0.15, -0.1) is 0 Å². The Morgan fingerprint density at radius 3 is 2.78 bits per heavy atom. The van der Waals surface area contributed by atoms with E-state index in [0.29, 0.717) is 5.91 Å². The Morgan fingerprint density at radius 2 is 2.13 bits per heavy atom. The van der Waals surface area contributed by atoms with Crippen molar-refractivity contribution >= 4 is 21.8 Å². The van der Waals surface area contributed by atoms with Gasteiger partial charge in [0.25, 0.3) is 0 Å². The average Bonchev–Trinajstić information content (AvgIpc) is 2.56. The fraction of sp³-hybridized carbons (Fsp3) is 0.611. The van der Waals surface area contributed by atoms with Crippen LogP contribution in [-0.2, 0) is 11.3 Å². The van der Waals surface area contributed by atoms with E-state index in [2.05, 4.69) is 35.8 Å². The van der Waals surface area contributed by atoms with E-state index >= 15 is 0 Å². The van der Waals surface area contributed by atoms with E-state index < -0.39 is 0 Å². The molecule has 0 bridgehead atoms. The number of amides is 1. The van der Waals surface area contributed by atoms with Crippen LogP contribution in [0.25, 0.3) is 0 Å². The molecule has 1 aromatic rings. The number of hydrogen-bond acceptors (Lipinski definition) is 2. The molecular weight excluding hydrogens is 356 g/mol. The quantitative estimate of drug-likeness (QED) is 0.816. The molecule has 1 aliphatic rings. The maximum Gasteiger partial charge on any atom is 0.231 e. The normalized spacial score (nSPS) is 21.0. The number of halogens is 1. The Bertz CT molecular complexity index is 532. The number of carbonyl (C=O) groups is 1. The number of benzene rings is 1. The topological polar surface area (TPSA) is 34.0 Å². The van der Waals surface area contributed by atoms with Gasteiger partial charge in [-0.25, -0.2) is 0 Å². The molecule has 23 heavy (non-hydrogen) atoms. The zero-order chi connectivity index (χ0) is 16.8. The minimum Gasteiger partial charge on any atom is -0.496 e. The first kappa shape index (κ1) is 18.3. The predicted molar refractivity (Wildman–Crippen MR) is 95.7 cm³/mol. The van der Waals surface area contributed by atoms with E-state index in [1.807, 2.05) is 17.0 Å². The van der Waals surface area contributed by atoms with Crippen LogP contribution in [0.3, 0.4) is 0 Å². The molecule has 128 valence electrons. The number of quaternary nitrogens is 1. The van der Waals surface area contributed by atoms with E-state index in [1.165, 1.54) is 10.5 Å². The third-order valence-corrected chi connectivity index (χ3v) is 5.22. The predicted octanol–water partition coefficient (Wildman–Crippen LogP) is 2.12. The first-order valence-electron chi connectivity index (χ1n) is 8.53. The van der Waals surface area contributed by atoms with Crippen molar-refractivity contribution in [3.63, 3.8) is 0 Å². The number of ether oxygens (including phenoxy) is 1. The van der Waals surface area contributed by atoms with Crippen LogP contribution in [0.4, 0.5) is 0 Å². The van der Waals surface area contributed by atoms with Crippen molar-refractivity contribution in [1.29, 1.82) is 0 Å². The number of nitrogens with zero attached hydrogens (tertiary/aromatic N) is 1. The van der Waals surface area contributed by atoms with Gasteiger partial charge in [0.05, 0.1) is 26.1 Å². The maximum absolute atomic E-state index is 12.6. The zero-order valence-corrected chi connectivity index (χ0v) is 16.0. The molecule has 1 unspecified atom stereocenters. The monoisotopic (exact) mass is 383 g/mol. The zero-order valence-electron chi connectivity index (χ0n) is 14.4. The van der Waals surface area contributed by atoms with Gasteiger partial charge in [-0.2, -0.15) is 0 Å². The van der Waals surface area contributed by atoms with Crippen molar-refractivity contribution in [3.05, 3.63) is 28.2 Å². The van der Waals surface area contributed by atoms with Crippen molar-refractivity contribution in [2.45, 2.75) is 33.2 Å². The summed E-state index contributed by atoms with van der Waals surface area (Å²) in [6.45, 7) is 8.68. The minimum atomic E-state index is 0.164. The van der Waals surface area contributed by atoms with Crippen molar-refractivity contribution in [3.8, 4) is 5.75 Å². The number of piperidine rings is 1. The Kier molecular flexibility index (Phi) is 6.90. The molecule has 0 aliphatic carbocycles. The molecule has 1 fully saturated rings. The van der Waals surface area contributed by atoms with Crippen LogP contribution in [-0.4, -0.2) is 44.1 Å². The van der Waals surface area contributed by atoms with E-state index in [0.717, 1.165) is 55.8 Å². The summed E-state index contributed by atoms with van der Waals surface area (Å²) < 4.78 is 6.55. The number of rotatable bonds is 6. The standard InChI is InChI=1S/C18H27BrN2O2/c1-4-21(5-2)18(22)14-7-6-10-20(12-14)13-15-11-16(19)8-9-17(15)23-3/h8-9,11,14H,4-7,10,12-13H2,1-3H3/p+1/t14-/m1/s1. The van der Waals surface area contributed by atoms with E-state index in [-0.39, 0.29) is 5.92 Å². The van der Waals surface area contributed by atoms with Gasteiger partial charge in [-0.3, -0.25) is 4.79 Å². The fourth-order valence-electron chi connectivity index (χ4n) is 3.47. The maximum atomic E-state index is 12.6. The molecule has 0 saturated carbocycles. The molecule has 5 heteroatoms. The molecule has 1 aliphatic heterocycles. The van der Waals surface area contributed by atoms with Gasteiger partial charge in [0.2, 0.25) is 5.91 Å². The highest BCUT2D eigenvalue weighted by atomic mass is 79.9. The summed E-state index contributed by atoms with van der Waals surface area (Å²) in [4.78, 5) is 16.1. The van der Waals surface area contributed by atoms with Gasteiger partial charge >= 0.3 is 0 Å². The highest BCUT2D eigenvalue weighted by Gasteiger charge is 2.31. The van der Waals surface area contributed by atoms with Crippen LogP contribution >= 0.6 is 15.9 Å². The van der Waals surface area contributed by atoms with Crippen molar-refractivity contribution in [1.82, 2.24) is 4.90 Å². The molecule has 2 atom stereocenters. The second-order valence-electron chi connectivity index (χ2n) is 6.19. The number of methoxy groups -OCH3 is 1. The second-order valence-corrected chi connectivity index (χ2v) is 7.10. The lowest BCUT2D eigenvalue weighted by Crippen LogP contribution is -3.12. The fourth-order valence-corrected chi connectivity index (χ4v) is 3.88. The lowest BCUT2D eigenvalue weighted by Gasteiger charge is -2.32. The SMILES string of the molecule is CCN(CC)C(=O)[C@@H]1CCC[NH+](Cc2cc(Br)ccc2OC)C1. The van der Waals surface area contributed by atoms with Gasteiger partial charge in [-0.05, 0) is 44.9 Å². The first-order valence-corrected chi connectivity index (χ1v) is 9.33. The molecule has 1 amide bonds. The number of nitrogens with one attached hydrogen (secondary N) is 1. The second kappa shape index (κ2) is 8.69. The molecule has 0 aromatic heterocycles.